The lowest BCUT2D eigenvalue weighted by atomic mass is 9.83. The minimum Gasteiger partial charge on any atom is -0.480 e. The molecule has 3 atom stereocenters. The highest BCUT2D eigenvalue weighted by Gasteiger charge is 2.56. The number of amides is 2. The number of carbonyl (C=O) groups excluding carboxylic acids is 2. The minimum absolute atomic E-state index is 0.235. The fourth-order valence-electron chi connectivity index (χ4n) is 3.38. The number of fused-ring (bicyclic) bond motifs is 2. The Labute approximate surface area is 149 Å². The standard InChI is InChI=1S/C16H12N2O5S2/c19-8(20)6-18-14(21)10-9(7-4-2-1-3-5-7)11-13(17-16(23)25-11)24-12(10)15(18)22/h1-5,9-10,12H,6H2,(H,17,23)(H,19,20)/t9-,10+,12-/m0/s1. The molecule has 2 amide bonds. The molecule has 7 nitrogen and oxygen atoms in total. The molecule has 2 aromatic rings. The summed E-state index contributed by atoms with van der Waals surface area (Å²) >= 11 is 2.17. The topological polar surface area (TPSA) is 108 Å². The number of thioether (sulfide) groups is 1. The van der Waals surface area contributed by atoms with Crippen LogP contribution in [0, 0.1) is 5.92 Å². The molecule has 2 aliphatic rings. The Balaban J connectivity index is 1.85. The molecule has 0 unspecified atom stereocenters. The highest BCUT2D eigenvalue weighted by Crippen LogP contribution is 2.52. The predicted molar refractivity (Wildman–Crippen MR) is 90.7 cm³/mol. The summed E-state index contributed by atoms with van der Waals surface area (Å²) in [7, 11) is 0. The zero-order chi connectivity index (χ0) is 17.7. The molecule has 0 saturated carbocycles. The van der Waals surface area contributed by atoms with Crippen LogP contribution in [-0.2, 0) is 14.4 Å². The maximum absolute atomic E-state index is 12.8. The molecular weight excluding hydrogens is 364 g/mol. The van der Waals surface area contributed by atoms with Crippen molar-refractivity contribution in [1.29, 1.82) is 0 Å². The second kappa shape index (κ2) is 5.85. The molecule has 2 aliphatic heterocycles. The predicted octanol–water partition coefficient (Wildman–Crippen LogP) is 1.11. The summed E-state index contributed by atoms with van der Waals surface area (Å²) in [5.74, 6) is -3.39. The number of aliphatic carboxylic acids is 1. The van der Waals surface area contributed by atoms with Gasteiger partial charge in [0.2, 0.25) is 11.8 Å². The van der Waals surface area contributed by atoms with Crippen molar-refractivity contribution in [1.82, 2.24) is 9.88 Å². The average Bonchev–Trinajstić information content (AvgIpc) is 3.06. The third-order valence-corrected chi connectivity index (χ3v) is 6.77. The lowest BCUT2D eigenvalue weighted by Crippen LogP contribution is -2.36. The van der Waals surface area contributed by atoms with Crippen LogP contribution in [0.2, 0.25) is 0 Å². The summed E-state index contributed by atoms with van der Waals surface area (Å²) in [4.78, 5) is 52.3. The molecule has 1 aromatic heterocycles. The lowest BCUT2D eigenvalue weighted by Gasteiger charge is -2.29. The van der Waals surface area contributed by atoms with Crippen LogP contribution < -0.4 is 4.87 Å². The summed E-state index contributed by atoms with van der Waals surface area (Å²) in [5, 5.41) is 8.86. The fraction of sp³-hybridized carbons (Fsp3) is 0.250. The van der Waals surface area contributed by atoms with Gasteiger partial charge in [0.25, 0.3) is 0 Å². The fourth-order valence-corrected chi connectivity index (χ4v) is 5.92. The molecule has 1 fully saturated rings. The monoisotopic (exact) mass is 376 g/mol. The SMILES string of the molecule is O=C(O)CN1C(=O)[C@@H]2[C@H](c3ccccc3)c3sc(=O)[nH]c3S[C@@H]2C1=O. The van der Waals surface area contributed by atoms with Gasteiger partial charge in [-0.1, -0.05) is 53.4 Å². The van der Waals surface area contributed by atoms with E-state index in [-0.39, 0.29) is 4.87 Å². The van der Waals surface area contributed by atoms with Crippen LogP contribution in [0.5, 0.6) is 0 Å². The van der Waals surface area contributed by atoms with Crippen molar-refractivity contribution in [2.75, 3.05) is 6.54 Å². The van der Waals surface area contributed by atoms with Gasteiger partial charge in [-0.25, -0.2) is 0 Å². The second-order valence-corrected chi connectivity index (χ2v) is 7.98. The van der Waals surface area contributed by atoms with Crippen LogP contribution in [-0.4, -0.2) is 44.6 Å². The summed E-state index contributed by atoms with van der Waals surface area (Å²) < 4.78 is 0. The number of carboxylic acid groups (broad SMARTS) is 1. The Kier molecular flexibility index (Phi) is 3.77. The summed E-state index contributed by atoms with van der Waals surface area (Å²) in [6.07, 6.45) is 0. The van der Waals surface area contributed by atoms with Crippen molar-refractivity contribution < 1.29 is 19.5 Å². The molecule has 4 rings (SSSR count). The number of imide groups is 1. The Morgan fingerprint density at radius 3 is 2.56 bits per heavy atom. The third kappa shape index (κ3) is 2.50. The molecule has 1 aromatic carbocycles. The Morgan fingerprint density at radius 1 is 1.16 bits per heavy atom. The van der Waals surface area contributed by atoms with Gasteiger partial charge in [0.05, 0.1) is 10.9 Å². The Hall–Kier alpha value is -2.39. The van der Waals surface area contributed by atoms with Crippen LogP contribution in [0.4, 0.5) is 0 Å². The Morgan fingerprint density at radius 2 is 1.88 bits per heavy atom. The number of H-pyrrole nitrogens is 1. The maximum atomic E-state index is 12.8. The first-order valence-corrected chi connectivity index (χ1v) is 9.18. The minimum atomic E-state index is -1.23. The quantitative estimate of drug-likeness (QED) is 0.777. The smallest absolute Gasteiger partial charge is 0.323 e. The van der Waals surface area contributed by atoms with Crippen LogP contribution in [0.3, 0.4) is 0 Å². The van der Waals surface area contributed by atoms with Crippen LogP contribution in [0.15, 0.2) is 40.2 Å². The highest BCUT2D eigenvalue weighted by atomic mass is 32.2. The number of hydrogen-bond donors (Lipinski definition) is 2. The van der Waals surface area contributed by atoms with Crippen molar-refractivity contribution >= 4 is 40.9 Å². The number of carbonyl (C=O) groups is 3. The van der Waals surface area contributed by atoms with Gasteiger partial charge in [-0.15, -0.1) is 0 Å². The van der Waals surface area contributed by atoms with Crippen molar-refractivity contribution in [2.45, 2.75) is 16.2 Å². The van der Waals surface area contributed by atoms with E-state index in [4.69, 9.17) is 5.11 Å². The summed E-state index contributed by atoms with van der Waals surface area (Å²) in [5.41, 5.74) is 0.827. The normalized spacial score (nSPS) is 25.0. The number of hydrogen-bond acceptors (Lipinski definition) is 6. The lowest BCUT2D eigenvalue weighted by molar-refractivity contribution is -0.149. The van der Waals surface area contributed by atoms with Crippen LogP contribution >= 0.6 is 23.1 Å². The van der Waals surface area contributed by atoms with E-state index in [0.717, 1.165) is 38.4 Å². The van der Waals surface area contributed by atoms with Crippen molar-refractivity contribution in [3.63, 3.8) is 0 Å². The van der Waals surface area contributed by atoms with E-state index < -0.39 is 41.4 Å². The van der Waals surface area contributed by atoms with E-state index in [1.54, 1.807) is 0 Å². The van der Waals surface area contributed by atoms with Crippen LogP contribution in [0.25, 0.3) is 0 Å². The van der Waals surface area contributed by atoms with Gasteiger partial charge >= 0.3 is 10.8 Å². The number of aromatic amines is 1. The first kappa shape index (κ1) is 16.1. The third-order valence-electron chi connectivity index (χ3n) is 4.37. The molecule has 0 bridgehead atoms. The molecule has 9 heteroatoms. The van der Waals surface area contributed by atoms with Gasteiger partial charge in [0.15, 0.2) is 0 Å². The largest absolute Gasteiger partial charge is 0.480 e. The van der Waals surface area contributed by atoms with Gasteiger partial charge in [-0.2, -0.15) is 0 Å². The van der Waals surface area contributed by atoms with E-state index in [1.165, 1.54) is 0 Å². The van der Waals surface area contributed by atoms with Gasteiger partial charge in [0.1, 0.15) is 11.8 Å². The van der Waals surface area contributed by atoms with Gasteiger partial charge < -0.3 is 10.1 Å². The molecular formula is C16H12N2O5S2. The van der Waals surface area contributed by atoms with Crippen molar-refractivity contribution in [3.05, 3.63) is 50.4 Å². The van der Waals surface area contributed by atoms with Gasteiger partial charge in [-0.05, 0) is 5.56 Å². The molecule has 1 saturated heterocycles. The number of benzene rings is 1. The van der Waals surface area contributed by atoms with Gasteiger partial charge in [0, 0.05) is 10.8 Å². The summed E-state index contributed by atoms with van der Waals surface area (Å²) in [6.45, 7) is -0.642. The number of nitrogens with one attached hydrogen (secondary N) is 1. The zero-order valence-electron chi connectivity index (χ0n) is 12.7. The van der Waals surface area contributed by atoms with Crippen LogP contribution in [0.1, 0.15) is 16.4 Å². The number of aromatic nitrogens is 1. The van der Waals surface area contributed by atoms with E-state index in [0.29, 0.717) is 5.03 Å². The van der Waals surface area contributed by atoms with E-state index in [9.17, 15) is 19.2 Å². The molecule has 25 heavy (non-hydrogen) atoms. The second-order valence-electron chi connectivity index (χ2n) is 5.82. The average molecular weight is 376 g/mol. The molecule has 0 aliphatic carbocycles. The number of nitrogens with zero attached hydrogens (tertiary/aromatic N) is 1. The van der Waals surface area contributed by atoms with E-state index in [2.05, 4.69) is 4.98 Å². The molecule has 0 spiro atoms. The van der Waals surface area contributed by atoms with E-state index >= 15 is 0 Å². The number of thiazole rings is 1. The highest BCUT2D eigenvalue weighted by molar-refractivity contribution is 8.00. The Bertz CT molecular complexity index is 936. The molecule has 0 radical (unpaired) electrons. The summed E-state index contributed by atoms with van der Waals surface area (Å²) in [6, 6.07) is 9.21. The maximum Gasteiger partial charge on any atom is 0.323 e. The number of carboxylic acids is 1. The zero-order valence-corrected chi connectivity index (χ0v) is 14.3. The first-order valence-electron chi connectivity index (χ1n) is 7.49. The van der Waals surface area contributed by atoms with Crippen molar-refractivity contribution in [3.8, 4) is 0 Å². The first-order chi connectivity index (χ1) is 12.0. The molecule has 128 valence electrons. The van der Waals surface area contributed by atoms with Crippen molar-refractivity contribution in [2.24, 2.45) is 5.92 Å². The molecule has 3 heterocycles. The van der Waals surface area contributed by atoms with E-state index in [1.807, 2.05) is 30.3 Å². The number of rotatable bonds is 3. The molecule has 2 N–H and O–H groups in total. The number of likely N-dealkylation sites (tertiary alicyclic amines) is 1. The van der Waals surface area contributed by atoms with Gasteiger partial charge in [-0.3, -0.25) is 24.1 Å².